The average Bonchev–Trinajstić information content (AvgIpc) is 3.38. The van der Waals surface area contributed by atoms with E-state index in [1.165, 1.54) is 5.56 Å². The van der Waals surface area contributed by atoms with Crippen molar-refractivity contribution < 1.29 is 14.3 Å². The summed E-state index contributed by atoms with van der Waals surface area (Å²) in [6.45, 7) is 3.47. The number of benzene rings is 2. The summed E-state index contributed by atoms with van der Waals surface area (Å²) in [7, 11) is 0. The van der Waals surface area contributed by atoms with Crippen LogP contribution in [-0.4, -0.2) is 51.4 Å². The van der Waals surface area contributed by atoms with E-state index in [0.717, 1.165) is 48.4 Å². The number of carbonyl (C=O) groups excluding carboxylic acids is 2. The van der Waals surface area contributed by atoms with Crippen molar-refractivity contribution in [3.63, 3.8) is 0 Å². The molecule has 0 saturated carbocycles. The van der Waals surface area contributed by atoms with Crippen molar-refractivity contribution in [2.24, 2.45) is 0 Å². The van der Waals surface area contributed by atoms with E-state index in [1.54, 1.807) is 10.7 Å². The highest BCUT2D eigenvalue weighted by Gasteiger charge is 2.27. The number of piperidine rings is 1. The van der Waals surface area contributed by atoms with E-state index in [2.05, 4.69) is 46.8 Å². The van der Waals surface area contributed by atoms with Crippen LogP contribution in [0, 0.1) is 0 Å². The van der Waals surface area contributed by atoms with Gasteiger partial charge in [0.15, 0.2) is 6.61 Å². The Labute approximate surface area is 198 Å². The fourth-order valence-corrected chi connectivity index (χ4v) is 4.61. The minimum atomic E-state index is -0.0294. The summed E-state index contributed by atoms with van der Waals surface area (Å²) < 4.78 is 7.60. The molecule has 1 N–H and O–H groups in total. The summed E-state index contributed by atoms with van der Waals surface area (Å²) in [5, 5.41) is 11.6. The van der Waals surface area contributed by atoms with Crippen LogP contribution < -0.4 is 10.1 Å². The van der Waals surface area contributed by atoms with Crippen molar-refractivity contribution in [3.05, 3.63) is 65.5 Å². The Kier molecular flexibility index (Phi) is 6.29. The molecule has 1 aromatic heterocycles. The Morgan fingerprint density at radius 3 is 2.85 bits per heavy atom. The first-order valence-electron chi connectivity index (χ1n) is 11.9. The second-order valence-corrected chi connectivity index (χ2v) is 8.94. The van der Waals surface area contributed by atoms with Gasteiger partial charge < -0.3 is 15.0 Å². The molecule has 176 valence electrons. The number of hydrogen-bond acceptors (Lipinski definition) is 5. The van der Waals surface area contributed by atoms with E-state index in [1.807, 2.05) is 23.2 Å². The predicted molar refractivity (Wildman–Crippen MR) is 128 cm³/mol. The van der Waals surface area contributed by atoms with Crippen molar-refractivity contribution in [3.8, 4) is 11.4 Å². The van der Waals surface area contributed by atoms with Crippen LogP contribution in [0.3, 0.4) is 0 Å². The van der Waals surface area contributed by atoms with Crippen molar-refractivity contribution in [2.45, 2.75) is 44.9 Å². The van der Waals surface area contributed by atoms with Crippen LogP contribution in [0.2, 0.25) is 0 Å². The van der Waals surface area contributed by atoms with Gasteiger partial charge in [0.25, 0.3) is 5.91 Å². The number of likely N-dealkylation sites (tertiary alicyclic amines) is 1. The fraction of sp³-hybridized carbons (Fsp3) is 0.385. The Hall–Kier alpha value is -3.68. The van der Waals surface area contributed by atoms with Crippen LogP contribution in [-0.2, 0) is 22.4 Å². The third-order valence-electron chi connectivity index (χ3n) is 6.65. The zero-order valence-electron chi connectivity index (χ0n) is 19.4. The standard InChI is InChI=1S/C26H29N5O3/c1-2-18-5-8-21(9-6-18)31-16-24(28-29-31)20-4-3-13-30(15-20)26(33)17-34-22-10-11-23-19(14-22)7-12-25(32)27-23/h5-6,8-11,14,16,20H,2-4,7,12-13,15,17H2,1H3,(H,27,32). The number of aryl methyl sites for hydroxylation is 2. The molecule has 2 aliphatic heterocycles. The number of rotatable bonds is 6. The molecule has 2 aliphatic rings. The molecule has 3 heterocycles. The lowest BCUT2D eigenvalue weighted by molar-refractivity contribution is -0.134. The highest BCUT2D eigenvalue weighted by atomic mass is 16.5. The molecule has 5 rings (SSSR count). The Morgan fingerprint density at radius 1 is 1.18 bits per heavy atom. The molecule has 1 atom stereocenters. The number of anilines is 1. The Balaban J connectivity index is 1.19. The van der Waals surface area contributed by atoms with Gasteiger partial charge >= 0.3 is 0 Å². The lowest BCUT2D eigenvalue weighted by Gasteiger charge is -2.31. The van der Waals surface area contributed by atoms with Gasteiger partial charge in [-0.05, 0) is 67.1 Å². The second-order valence-electron chi connectivity index (χ2n) is 8.94. The zero-order chi connectivity index (χ0) is 23.5. The third-order valence-corrected chi connectivity index (χ3v) is 6.65. The van der Waals surface area contributed by atoms with Crippen molar-refractivity contribution in [1.29, 1.82) is 0 Å². The van der Waals surface area contributed by atoms with Crippen molar-refractivity contribution >= 4 is 17.5 Å². The van der Waals surface area contributed by atoms with Gasteiger partial charge in [-0.2, -0.15) is 0 Å². The summed E-state index contributed by atoms with van der Waals surface area (Å²) >= 11 is 0. The monoisotopic (exact) mass is 459 g/mol. The first kappa shape index (κ1) is 22.1. The van der Waals surface area contributed by atoms with Crippen molar-refractivity contribution in [2.75, 3.05) is 25.0 Å². The average molecular weight is 460 g/mol. The highest BCUT2D eigenvalue weighted by molar-refractivity contribution is 5.94. The number of nitrogens with zero attached hydrogens (tertiary/aromatic N) is 4. The summed E-state index contributed by atoms with van der Waals surface area (Å²) in [5.74, 6) is 0.811. The lowest BCUT2D eigenvalue weighted by atomic mass is 9.95. The largest absolute Gasteiger partial charge is 0.484 e. The molecule has 34 heavy (non-hydrogen) atoms. The van der Waals surface area contributed by atoms with Crippen LogP contribution in [0.15, 0.2) is 48.7 Å². The van der Waals surface area contributed by atoms with E-state index >= 15 is 0 Å². The highest BCUT2D eigenvalue weighted by Crippen LogP contribution is 2.28. The normalized spacial score (nSPS) is 17.7. The number of nitrogens with one attached hydrogen (secondary N) is 1. The molecule has 1 unspecified atom stereocenters. The molecule has 8 heteroatoms. The number of amides is 2. The van der Waals surface area contributed by atoms with Crippen molar-refractivity contribution in [1.82, 2.24) is 19.9 Å². The summed E-state index contributed by atoms with van der Waals surface area (Å²) in [6.07, 6.45) is 6.04. The third kappa shape index (κ3) is 4.81. The predicted octanol–water partition coefficient (Wildman–Crippen LogP) is 3.50. The number of aromatic nitrogens is 3. The first-order chi connectivity index (χ1) is 16.6. The van der Waals surface area contributed by atoms with Crippen LogP contribution >= 0.6 is 0 Å². The maximum atomic E-state index is 12.9. The zero-order valence-corrected chi connectivity index (χ0v) is 19.4. The molecule has 0 spiro atoms. The molecule has 3 aromatic rings. The topological polar surface area (TPSA) is 89.4 Å². The number of hydrogen-bond donors (Lipinski definition) is 1. The SMILES string of the molecule is CCc1ccc(-n2cc(C3CCCN(C(=O)COc4ccc5c(c4)CCC(=O)N5)C3)nn2)cc1. The lowest BCUT2D eigenvalue weighted by Crippen LogP contribution is -2.41. The smallest absolute Gasteiger partial charge is 0.260 e. The number of fused-ring (bicyclic) bond motifs is 1. The van der Waals surface area contributed by atoms with Crippen LogP contribution in [0.1, 0.15) is 48.9 Å². The quantitative estimate of drug-likeness (QED) is 0.609. The molecule has 8 nitrogen and oxygen atoms in total. The Bertz CT molecular complexity index is 1190. The minimum Gasteiger partial charge on any atom is -0.484 e. The maximum Gasteiger partial charge on any atom is 0.260 e. The van der Waals surface area contributed by atoms with E-state index in [4.69, 9.17) is 4.74 Å². The minimum absolute atomic E-state index is 0.00562. The molecule has 2 aromatic carbocycles. The van der Waals surface area contributed by atoms with E-state index in [-0.39, 0.29) is 24.3 Å². The van der Waals surface area contributed by atoms with Gasteiger partial charge in [0.2, 0.25) is 5.91 Å². The molecule has 1 saturated heterocycles. The van der Waals surface area contributed by atoms with Gasteiger partial charge in [-0.25, -0.2) is 4.68 Å². The van der Waals surface area contributed by atoms with Crippen LogP contribution in [0.4, 0.5) is 5.69 Å². The van der Waals surface area contributed by atoms with Crippen LogP contribution in [0.5, 0.6) is 5.75 Å². The summed E-state index contributed by atoms with van der Waals surface area (Å²) in [6, 6.07) is 13.9. The molecule has 0 aliphatic carbocycles. The molecule has 1 fully saturated rings. The van der Waals surface area contributed by atoms with Gasteiger partial charge in [-0.3, -0.25) is 9.59 Å². The molecule has 0 radical (unpaired) electrons. The van der Waals surface area contributed by atoms with E-state index in [9.17, 15) is 9.59 Å². The molecule has 2 amide bonds. The van der Waals surface area contributed by atoms with Crippen LogP contribution in [0.25, 0.3) is 5.69 Å². The number of carbonyl (C=O) groups is 2. The van der Waals surface area contributed by atoms with E-state index in [0.29, 0.717) is 25.1 Å². The first-order valence-corrected chi connectivity index (χ1v) is 11.9. The van der Waals surface area contributed by atoms with Gasteiger partial charge in [-0.1, -0.05) is 24.3 Å². The van der Waals surface area contributed by atoms with Gasteiger partial charge in [0.1, 0.15) is 5.75 Å². The molecular weight excluding hydrogens is 430 g/mol. The summed E-state index contributed by atoms with van der Waals surface area (Å²) in [5.41, 5.74) is 5.04. The summed E-state index contributed by atoms with van der Waals surface area (Å²) in [4.78, 5) is 26.3. The Morgan fingerprint density at radius 2 is 2.03 bits per heavy atom. The van der Waals surface area contributed by atoms with Gasteiger partial charge in [0.05, 0.1) is 17.6 Å². The van der Waals surface area contributed by atoms with Gasteiger partial charge in [-0.15, -0.1) is 5.10 Å². The molecular formula is C26H29N5O3. The van der Waals surface area contributed by atoms with E-state index < -0.39 is 0 Å². The second kappa shape index (κ2) is 9.67. The maximum absolute atomic E-state index is 12.9. The molecule has 0 bridgehead atoms. The number of ether oxygens (including phenoxy) is 1. The fourth-order valence-electron chi connectivity index (χ4n) is 4.61. The van der Waals surface area contributed by atoms with Gasteiger partial charge in [0, 0.05) is 31.1 Å².